The van der Waals surface area contributed by atoms with Gasteiger partial charge in [-0.2, -0.15) is 0 Å². The minimum absolute atomic E-state index is 0.247. The normalized spacial score (nSPS) is 24.1. The van der Waals surface area contributed by atoms with Crippen molar-refractivity contribution in [1.82, 2.24) is 4.90 Å². The van der Waals surface area contributed by atoms with E-state index >= 15 is 0 Å². The molecule has 0 spiro atoms. The molecule has 2 aliphatic heterocycles. The minimum atomic E-state index is 0.247. The van der Waals surface area contributed by atoms with Crippen LogP contribution in [0.2, 0.25) is 0 Å². The van der Waals surface area contributed by atoms with E-state index in [1.807, 2.05) is 4.90 Å². The van der Waals surface area contributed by atoms with Crippen molar-refractivity contribution in [2.45, 2.75) is 38.8 Å². The van der Waals surface area contributed by atoms with Crippen molar-refractivity contribution in [2.75, 3.05) is 18.0 Å². The van der Waals surface area contributed by atoms with Gasteiger partial charge in [-0.15, -0.1) is 0 Å². The van der Waals surface area contributed by atoms with E-state index in [0.717, 1.165) is 18.7 Å². The molecule has 0 radical (unpaired) electrons. The molecule has 2 saturated heterocycles. The maximum atomic E-state index is 12.1. The SMILES string of the molecule is CC(C)c1ccc(N2C(=O)CN3CCCC32)cc1. The number of carbonyl (C=O) groups excluding carboxylic acids is 1. The molecular weight excluding hydrogens is 224 g/mol. The summed E-state index contributed by atoms with van der Waals surface area (Å²) in [4.78, 5) is 16.4. The first-order valence-electron chi connectivity index (χ1n) is 6.83. The summed E-state index contributed by atoms with van der Waals surface area (Å²) in [6.07, 6.45) is 2.62. The lowest BCUT2D eigenvalue weighted by Gasteiger charge is -2.24. The van der Waals surface area contributed by atoms with Crippen LogP contribution in [-0.2, 0) is 4.79 Å². The van der Waals surface area contributed by atoms with Gasteiger partial charge >= 0.3 is 0 Å². The van der Waals surface area contributed by atoms with Gasteiger partial charge in [0, 0.05) is 12.2 Å². The average molecular weight is 244 g/mol. The number of amides is 1. The Bertz CT molecular complexity index is 452. The van der Waals surface area contributed by atoms with Crippen LogP contribution < -0.4 is 4.90 Å². The molecule has 0 N–H and O–H groups in total. The summed E-state index contributed by atoms with van der Waals surface area (Å²) in [6.45, 7) is 6.04. The van der Waals surface area contributed by atoms with Gasteiger partial charge in [0.1, 0.15) is 0 Å². The molecule has 0 saturated carbocycles. The van der Waals surface area contributed by atoms with Crippen LogP contribution in [0.1, 0.15) is 38.2 Å². The highest BCUT2D eigenvalue weighted by molar-refractivity contribution is 5.97. The largest absolute Gasteiger partial charge is 0.295 e. The zero-order chi connectivity index (χ0) is 12.7. The molecule has 2 fully saturated rings. The molecular formula is C15H20N2O. The fourth-order valence-corrected chi connectivity index (χ4v) is 3.04. The van der Waals surface area contributed by atoms with E-state index in [0.29, 0.717) is 18.6 Å². The zero-order valence-electron chi connectivity index (χ0n) is 11.1. The van der Waals surface area contributed by atoms with Crippen LogP contribution in [0.4, 0.5) is 5.69 Å². The van der Waals surface area contributed by atoms with E-state index in [9.17, 15) is 4.79 Å². The van der Waals surface area contributed by atoms with Gasteiger partial charge < -0.3 is 0 Å². The summed E-state index contributed by atoms with van der Waals surface area (Å²) >= 11 is 0. The number of benzene rings is 1. The molecule has 1 aromatic carbocycles. The molecule has 1 aromatic rings. The Morgan fingerprint density at radius 2 is 1.94 bits per heavy atom. The van der Waals surface area contributed by atoms with E-state index < -0.39 is 0 Å². The van der Waals surface area contributed by atoms with Gasteiger partial charge in [0.05, 0.1) is 12.7 Å². The third-order valence-corrected chi connectivity index (χ3v) is 4.07. The Morgan fingerprint density at radius 1 is 1.22 bits per heavy atom. The Labute approximate surface area is 108 Å². The summed E-state index contributed by atoms with van der Waals surface area (Å²) in [5, 5.41) is 0. The second-order valence-electron chi connectivity index (χ2n) is 5.60. The highest BCUT2D eigenvalue weighted by Crippen LogP contribution is 2.31. The fourth-order valence-electron chi connectivity index (χ4n) is 3.04. The Hall–Kier alpha value is -1.35. The first kappa shape index (κ1) is 11.7. The molecule has 0 aromatic heterocycles. The van der Waals surface area contributed by atoms with Crippen LogP contribution in [0.15, 0.2) is 24.3 Å². The molecule has 1 amide bonds. The molecule has 3 rings (SSSR count). The van der Waals surface area contributed by atoms with Crippen LogP contribution in [0, 0.1) is 0 Å². The molecule has 1 atom stereocenters. The van der Waals surface area contributed by atoms with Crippen molar-refractivity contribution in [3.05, 3.63) is 29.8 Å². The predicted molar refractivity (Wildman–Crippen MR) is 72.6 cm³/mol. The molecule has 0 bridgehead atoms. The number of rotatable bonds is 2. The molecule has 18 heavy (non-hydrogen) atoms. The first-order chi connectivity index (χ1) is 8.66. The summed E-state index contributed by atoms with van der Waals surface area (Å²) in [6, 6.07) is 8.47. The third-order valence-electron chi connectivity index (χ3n) is 4.07. The number of hydrogen-bond donors (Lipinski definition) is 0. The van der Waals surface area contributed by atoms with Gasteiger partial charge in [-0.05, 0) is 36.5 Å². The predicted octanol–water partition coefficient (Wildman–Crippen LogP) is 2.58. The maximum absolute atomic E-state index is 12.1. The molecule has 3 nitrogen and oxygen atoms in total. The lowest BCUT2D eigenvalue weighted by Crippen LogP contribution is -2.35. The zero-order valence-corrected chi connectivity index (χ0v) is 11.1. The van der Waals surface area contributed by atoms with Crippen LogP contribution >= 0.6 is 0 Å². The molecule has 2 heterocycles. The second kappa shape index (κ2) is 4.39. The monoisotopic (exact) mass is 244 g/mol. The van der Waals surface area contributed by atoms with Crippen molar-refractivity contribution in [1.29, 1.82) is 0 Å². The molecule has 1 unspecified atom stereocenters. The number of carbonyl (C=O) groups is 1. The van der Waals surface area contributed by atoms with Crippen LogP contribution in [-0.4, -0.2) is 30.1 Å². The van der Waals surface area contributed by atoms with Gasteiger partial charge in [-0.3, -0.25) is 14.6 Å². The average Bonchev–Trinajstić information content (AvgIpc) is 2.89. The summed E-state index contributed by atoms with van der Waals surface area (Å²) in [5.41, 5.74) is 2.38. The van der Waals surface area contributed by atoms with Gasteiger partial charge in [0.25, 0.3) is 0 Å². The van der Waals surface area contributed by atoms with Crippen molar-refractivity contribution >= 4 is 11.6 Å². The quantitative estimate of drug-likeness (QED) is 0.798. The number of fused-ring (bicyclic) bond motifs is 1. The van der Waals surface area contributed by atoms with E-state index in [2.05, 4.69) is 43.0 Å². The van der Waals surface area contributed by atoms with Gasteiger partial charge in [0.15, 0.2) is 0 Å². The van der Waals surface area contributed by atoms with Crippen LogP contribution in [0.3, 0.4) is 0 Å². The van der Waals surface area contributed by atoms with Crippen molar-refractivity contribution in [2.24, 2.45) is 0 Å². The smallest absolute Gasteiger partial charge is 0.242 e. The molecule has 96 valence electrons. The maximum Gasteiger partial charge on any atom is 0.242 e. The molecule has 3 heteroatoms. The Morgan fingerprint density at radius 3 is 2.61 bits per heavy atom. The van der Waals surface area contributed by atoms with Gasteiger partial charge in [-0.25, -0.2) is 0 Å². The van der Waals surface area contributed by atoms with Crippen molar-refractivity contribution in [3.63, 3.8) is 0 Å². The molecule has 2 aliphatic rings. The highest BCUT2D eigenvalue weighted by Gasteiger charge is 2.41. The Balaban J connectivity index is 1.87. The lowest BCUT2D eigenvalue weighted by atomic mass is 10.0. The number of anilines is 1. The van der Waals surface area contributed by atoms with Gasteiger partial charge in [0.2, 0.25) is 5.91 Å². The third kappa shape index (κ3) is 1.83. The lowest BCUT2D eigenvalue weighted by molar-refractivity contribution is -0.116. The summed E-state index contributed by atoms with van der Waals surface area (Å²) < 4.78 is 0. The minimum Gasteiger partial charge on any atom is -0.295 e. The standard InChI is InChI=1S/C15H20N2O/c1-11(2)12-5-7-13(8-6-12)17-14-4-3-9-16(14)10-15(17)18/h5-8,11,14H,3-4,9-10H2,1-2H3. The van der Waals surface area contributed by atoms with Gasteiger partial charge in [-0.1, -0.05) is 26.0 Å². The van der Waals surface area contributed by atoms with Crippen molar-refractivity contribution < 1.29 is 4.79 Å². The van der Waals surface area contributed by atoms with Crippen LogP contribution in [0.25, 0.3) is 0 Å². The summed E-state index contributed by atoms with van der Waals surface area (Å²) in [7, 11) is 0. The highest BCUT2D eigenvalue weighted by atomic mass is 16.2. The van der Waals surface area contributed by atoms with E-state index in [1.165, 1.54) is 12.0 Å². The molecule has 0 aliphatic carbocycles. The first-order valence-corrected chi connectivity index (χ1v) is 6.83. The van der Waals surface area contributed by atoms with E-state index in [4.69, 9.17) is 0 Å². The van der Waals surface area contributed by atoms with E-state index in [-0.39, 0.29) is 5.91 Å². The van der Waals surface area contributed by atoms with Crippen molar-refractivity contribution in [3.8, 4) is 0 Å². The topological polar surface area (TPSA) is 23.6 Å². The van der Waals surface area contributed by atoms with E-state index in [1.54, 1.807) is 0 Å². The Kier molecular flexibility index (Phi) is 2.86. The van der Waals surface area contributed by atoms with Crippen LogP contribution in [0.5, 0.6) is 0 Å². The second-order valence-corrected chi connectivity index (χ2v) is 5.60. The number of nitrogens with zero attached hydrogens (tertiary/aromatic N) is 2. The number of hydrogen-bond acceptors (Lipinski definition) is 2. The fraction of sp³-hybridized carbons (Fsp3) is 0.533. The summed E-state index contributed by atoms with van der Waals surface area (Å²) in [5.74, 6) is 0.785.